The van der Waals surface area contributed by atoms with E-state index in [1.54, 1.807) is 35.1 Å². The molecule has 0 radical (unpaired) electrons. The number of sulfonamides is 1. The van der Waals surface area contributed by atoms with E-state index in [0.29, 0.717) is 11.0 Å². The van der Waals surface area contributed by atoms with Crippen molar-refractivity contribution in [3.05, 3.63) is 84.8 Å². The van der Waals surface area contributed by atoms with E-state index in [2.05, 4.69) is 15.4 Å². The molecule has 39 heavy (non-hydrogen) atoms. The van der Waals surface area contributed by atoms with Gasteiger partial charge in [0.05, 0.1) is 17.1 Å². The molecule has 0 saturated heterocycles. The Morgan fingerprint density at radius 3 is 2.31 bits per heavy atom. The lowest BCUT2D eigenvalue weighted by atomic mass is 10.00. The number of carbonyl (C=O) groups is 1. The summed E-state index contributed by atoms with van der Waals surface area (Å²) in [5.41, 5.74) is 4.41. The number of benzene rings is 3. The van der Waals surface area contributed by atoms with Gasteiger partial charge in [-0.05, 0) is 55.8 Å². The fraction of sp³-hybridized carbons (Fsp3) is 0.207. The summed E-state index contributed by atoms with van der Waals surface area (Å²) in [6, 6.07) is 18.1. The normalized spacial score (nSPS) is 12.9. The minimum absolute atomic E-state index is 0.0765. The van der Waals surface area contributed by atoms with Gasteiger partial charge in [0.2, 0.25) is 10.0 Å². The number of hydrogen-bond donors (Lipinski definition) is 2. The van der Waals surface area contributed by atoms with Crippen LogP contribution in [0.2, 0.25) is 0 Å². The van der Waals surface area contributed by atoms with Crippen molar-refractivity contribution >= 4 is 32.5 Å². The van der Waals surface area contributed by atoms with Gasteiger partial charge in [0.15, 0.2) is 5.65 Å². The van der Waals surface area contributed by atoms with Gasteiger partial charge in [0, 0.05) is 28.9 Å². The summed E-state index contributed by atoms with van der Waals surface area (Å²) in [4.78, 5) is 16.9. The lowest BCUT2D eigenvalue weighted by Gasteiger charge is -2.22. The summed E-state index contributed by atoms with van der Waals surface area (Å²) in [6.45, 7) is 7.38. The van der Waals surface area contributed by atoms with Gasteiger partial charge >= 0.3 is 6.09 Å². The van der Waals surface area contributed by atoms with E-state index in [1.165, 1.54) is 6.07 Å². The second-order valence-electron chi connectivity index (χ2n) is 10.4. The van der Waals surface area contributed by atoms with Gasteiger partial charge in [-0.25, -0.2) is 27.9 Å². The van der Waals surface area contributed by atoms with E-state index in [9.17, 15) is 13.2 Å². The molecule has 5 rings (SSSR count). The zero-order valence-electron chi connectivity index (χ0n) is 22.0. The Labute approximate surface area is 226 Å². The molecule has 0 aliphatic carbocycles. The number of nitrogens with zero attached hydrogens (tertiary/aromatic N) is 3. The van der Waals surface area contributed by atoms with Crippen LogP contribution in [0, 0.1) is 0 Å². The number of amides is 1. The molecule has 2 heterocycles. The van der Waals surface area contributed by atoms with E-state index >= 15 is 0 Å². The molecule has 0 fully saturated rings. The standard InChI is InChI=1S/C29H29N5O4S/c1-18(33-28(35)38-29(2,3)4)19-9-11-20(12-10-19)21-15-31-27-25(16-32-34(27)17-21)23-13-14-26(39(30,36)37)24-8-6-5-7-22(23)24/h5-18H,1-4H3,(H,33,35)(H2,30,36,37). The smallest absolute Gasteiger partial charge is 0.408 e. The monoisotopic (exact) mass is 543 g/mol. The minimum atomic E-state index is -3.88. The van der Waals surface area contributed by atoms with Crippen molar-refractivity contribution in [2.45, 2.75) is 44.2 Å². The number of rotatable bonds is 5. The summed E-state index contributed by atoms with van der Waals surface area (Å²) < 4.78 is 31.3. The third-order valence-electron chi connectivity index (χ3n) is 6.31. The maximum absolute atomic E-state index is 12.1. The molecule has 200 valence electrons. The summed E-state index contributed by atoms with van der Waals surface area (Å²) >= 11 is 0. The summed E-state index contributed by atoms with van der Waals surface area (Å²) in [7, 11) is -3.88. The summed E-state index contributed by atoms with van der Waals surface area (Å²) in [5.74, 6) is 0. The predicted molar refractivity (Wildman–Crippen MR) is 151 cm³/mol. The average molecular weight is 544 g/mol. The molecule has 0 aliphatic rings. The van der Waals surface area contributed by atoms with E-state index in [4.69, 9.17) is 9.88 Å². The topological polar surface area (TPSA) is 129 Å². The Morgan fingerprint density at radius 1 is 0.949 bits per heavy atom. The van der Waals surface area contributed by atoms with Crippen molar-refractivity contribution < 1.29 is 17.9 Å². The lowest BCUT2D eigenvalue weighted by molar-refractivity contribution is 0.0508. The predicted octanol–water partition coefficient (Wildman–Crippen LogP) is 5.45. The molecule has 9 nitrogen and oxygen atoms in total. The van der Waals surface area contributed by atoms with Crippen LogP contribution in [0.3, 0.4) is 0 Å². The highest BCUT2D eigenvalue weighted by atomic mass is 32.2. The number of fused-ring (bicyclic) bond motifs is 2. The molecule has 0 spiro atoms. The molecule has 5 aromatic rings. The van der Waals surface area contributed by atoms with Crippen LogP contribution >= 0.6 is 0 Å². The number of aromatic nitrogens is 3. The molecule has 3 N–H and O–H groups in total. The van der Waals surface area contributed by atoms with Crippen LogP contribution in [0.25, 0.3) is 38.7 Å². The quantitative estimate of drug-likeness (QED) is 0.303. The Kier molecular flexibility index (Phi) is 6.61. The molecule has 1 amide bonds. The van der Waals surface area contributed by atoms with Gasteiger partial charge < -0.3 is 10.1 Å². The van der Waals surface area contributed by atoms with Gasteiger partial charge in [-0.3, -0.25) is 0 Å². The van der Waals surface area contributed by atoms with E-state index in [1.807, 2.05) is 70.3 Å². The number of hydrogen-bond acceptors (Lipinski definition) is 6. The fourth-order valence-corrected chi connectivity index (χ4v) is 5.24. The third-order valence-corrected chi connectivity index (χ3v) is 7.28. The number of nitrogens with two attached hydrogens (primary N) is 1. The molecule has 10 heteroatoms. The summed E-state index contributed by atoms with van der Waals surface area (Å²) in [5, 5.41) is 14.1. The van der Waals surface area contributed by atoms with Crippen LogP contribution in [-0.2, 0) is 14.8 Å². The van der Waals surface area contributed by atoms with Crippen LogP contribution < -0.4 is 10.5 Å². The Balaban J connectivity index is 1.43. The number of primary sulfonamides is 1. The van der Waals surface area contributed by atoms with Gasteiger partial charge in [-0.1, -0.05) is 54.6 Å². The minimum Gasteiger partial charge on any atom is -0.444 e. The number of ether oxygens (including phenoxy) is 1. The van der Waals surface area contributed by atoms with Crippen LogP contribution in [0.4, 0.5) is 4.79 Å². The molecule has 2 aromatic heterocycles. The molecule has 1 atom stereocenters. The Morgan fingerprint density at radius 2 is 1.64 bits per heavy atom. The number of carbonyl (C=O) groups excluding carboxylic acids is 1. The van der Waals surface area contributed by atoms with Crippen molar-refractivity contribution in [2.24, 2.45) is 5.14 Å². The van der Waals surface area contributed by atoms with Crippen LogP contribution in [0.1, 0.15) is 39.3 Å². The first-order valence-corrected chi connectivity index (χ1v) is 13.9. The zero-order valence-corrected chi connectivity index (χ0v) is 22.9. The first-order chi connectivity index (χ1) is 18.4. The summed E-state index contributed by atoms with van der Waals surface area (Å²) in [6.07, 6.45) is 4.93. The molecule has 0 saturated carbocycles. The molecular formula is C29H29N5O4S. The molecular weight excluding hydrogens is 514 g/mol. The SMILES string of the molecule is CC(NC(=O)OC(C)(C)C)c1ccc(-c2cnc3c(-c4ccc(S(N)(=O)=O)c5ccccc45)cnn3c2)cc1. The van der Waals surface area contributed by atoms with Crippen LogP contribution in [0.15, 0.2) is 84.1 Å². The second kappa shape index (κ2) is 9.79. The first-order valence-electron chi connectivity index (χ1n) is 12.4. The van der Waals surface area contributed by atoms with Gasteiger partial charge in [0.25, 0.3) is 0 Å². The first kappa shape index (κ1) is 26.3. The van der Waals surface area contributed by atoms with Crippen LogP contribution in [-0.4, -0.2) is 34.7 Å². The molecule has 1 unspecified atom stereocenters. The highest BCUT2D eigenvalue weighted by molar-refractivity contribution is 7.89. The van der Waals surface area contributed by atoms with Gasteiger partial charge in [0.1, 0.15) is 5.60 Å². The molecule has 3 aromatic carbocycles. The van der Waals surface area contributed by atoms with Crippen molar-refractivity contribution in [1.82, 2.24) is 19.9 Å². The third kappa shape index (κ3) is 5.47. The number of nitrogens with one attached hydrogen (secondary N) is 1. The van der Waals surface area contributed by atoms with Gasteiger partial charge in [-0.15, -0.1) is 0 Å². The largest absolute Gasteiger partial charge is 0.444 e. The average Bonchev–Trinajstić information content (AvgIpc) is 3.29. The van der Waals surface area contributed by atoms with E-state index in [-0.39, 0.29) is 10.9 Å². The fourth-order valence-electron chi connectivity index (χ4n) is 4.50. The van der Waals surface area contributed by atoms with Crippen molar-refractivity contribution in [3.63, 3.8) is 0 Å². The molecule has 0 bridgehead atoms. The van der Waals surface area contributed by atoms with E-state index < -0.39 is 21.7 Å². The number of alkyl carbamates (subject to hydrolysis) is 1. The van der Waals surface area contributed by atoms with Crippen molar-refractivity contribution in [1.29, 1.82) is 0 Å². The maximum atomic E-state index is 12.1. The zero-order chi connectivity index (χ0) is 27.9. The maximum Gasteiger partial charge on any atom is 0.408 e. The lowest BCUT2D eigenvalue weighted by Crippen LogP contribution is -2.34. The van der Waals surface area contributed by atoms with E-state index in [0.717, 1.165) is 33.2 Å². The van der Waals surface area contributed by atoms with Gasteiger partial charge in [-0.2, -0.15) is 5.10 Å². The highest BCUT2D eigenvalue weighted by Gasteiger charge is 2.19. The van der Waals surface area contributed by atoms with Crippen molar-refractivity contribution in [3.8, 4) is 22.3 Å². The Hall–Kier alpha value is -4.28. The highest BCUT2D eigenvalue weighted by Crippen LogP contribution is 2.34. The Bertz CT molecular complexity index is 1810. The van der Waals surface area contributed by atoms with Crippen LogP contribution in [0.5, 0.6) is 0 Å². The second-order valence-corrected chi connectivity index (χ2v) is 11.9. The molecule has 0 aliphatic heterocycles. The van der Waals surface area contributed by atoms with Crippen molar-refractivity contribution in [2.75, 3.05) is 0 Å².